The first-order chi connectivity index (χ1) is 9.67. The summed E-state index contributed by atoms with van der Waals surface area (Å²) in [4.78, 5) is 18.3. The summed E-state index contributed by atoms with van der Waals surface area (Å²) in [7, 11) is 1.64. The number of anilines is 1. The van der Waals surface area contributed by atoms with Crippen molar-refractivity contribution in [3.8, 4) is 5.75 Å². The van der Waals surface area contributed by atoms with Crippen LogP contribution in [0.1, 0.15) is 17.2 Å². The summed E-state index contributed by atoms with van der Waals surface area (Å²) in [6, 6.07) is 5.79. The van der Waals surface area contributed by atoms with E-state index in [1.807, 2.05) is 25.1 Å². The molecule has 0 saturated heterocycles. The highest BCUT2D eigenvalue weighted by Gasteiger charge is 2.25. The molecular formula is C14H16N4O2. The number of fused-ring (bicyclic) bond motifs is 1. The van der Waals surface area contributed by atoms with Gasteiger partial charge in [-0.25, -0.2) is 4.98 Å². The smallest absolute Gasteiger partial charge is 0.234 e. The van der Waals surface area contributed by atoms with Crippen LogP contribution in [0.2, 0.25) is 0 Å². The van der Waals surface area contributed by atoms with E-state index in [1.54, 1.807) is 12.0 Å². The van der Waals surface area contributed by atoms with Crippen LogP contribution < -0.4 is 9.64 Å². The number of methoxy groups -OCH3 is 1. The van der Waals surface area contributed by atoms with E-state index in [2.05, 4.69) is 15.2 Å². The van der Waals surface area contributed by atoms with E-state index in [-0.39, 0.29) is 12.3 Å². The third-order valence-electron chi connectivity index (χ3n) is 3.44. The summed E-state index contributed by atoms with van der Waals surface area (Å²) in [6.45, 7) is 2.52. The van der Waals surface area contributed by atoms with Gasteiger partial charge in [-0.3, -0.25) is 9.89 Å². The Balaban J connectivity index is 1.78. The molecule has 104 valence electrons. The predicted octanol–water partition coefficient (Wildman–Crippen LogP) is 1.25. The topological polar surface area (TPSA) is 71.1 Å². The number of hydrogen-bond acceptors (Lipinski definition) is 4. The van der Waals surface area contributed by atoms with Crippen LogP contribution >= 0.6 is 0 Å². The number of nitrogens with one attached hydrogen (secondary N) is 1. The van der Waals surface area contributed by atoms with Gasteiger partial charge < -0.3 is 9.64 Å². The van der Waals surface area contributed by atoms with Crippen molar-refractivity contribution in [1.29, 1.82) is 0 Å². The lowest BCUT2D eigenvalue weighted by Crippen LogP contribution is -2.30. The number of aromatic nitrogens is 3. The molecule has 1 amide bonds. The maximum atomic E-state index is 12.3. The third kappa shape index (κ3) is 2.24. The number of carbonyl (C=O) groups excluding carboxylic acids is 1. The number of aryl methyl sites for hydroxylation is 1. The Hall–Kier alpha value is -2.37. The lowest BCUT2D eigenvalue weighted by molar-refractivity contribution is -0.118. The van der Waals surface area contributed by atoms with Crippen molar-refractivity contribution in [3.63, 3.8) is 0 Å². The predicted molar refractivity (Wildman–Crippen MR) is 73.9 cm³/mol. The molecule has 20 heavy (non-hydrogen) atoms. The van der Waals surface area contributed by atoms with Crippen molar-refractivity contribution < 1.29 is 9.53 Å². The molecule has 0 saturated carbocycles. The molecule has 6 nitrogen and oxygen atoms in total. The molecule has 1 aliphatic heterocycles. The van der Waals surface area contributed by atoms with Gasteiger partial charge in [-0.1, -0.05) is 0 Å². The summed E-state index contributed by atoms with van der Waals surface area (Å²) in [6.07, 6.45) is 1.07. The lowest BCUT2D eigenvalue weighted by Gasteiger charge is -2.16. The van der Waals surface area contributed by atoms with Crippen LogP contribution in [-0.4, -0.2) is 34.7 Å². The van der Waals surface area contributed by atoms with Gasteiger partial charge in [0.05, 0.1) is 13.5 Å². The molecular weight excluding hydrogens is 256 g/mol. The van der Waals surface area contributed by atoms with Crippen LogP contribution in [0.4, 0.5) is 5.69 Å². The minimum absolute atomic E-state index is 0.0212. The maximum absolute atomic E-state index is 12.3. The van der Waals surface area contributed by atoms with Crippen LogP contribution in [0.15, 0.2) is 18.2 Å². The highest BCUT2D eigenvalue weighted by Crippen LogP contribution is 2.31. The van der Waals surface area contributed by atoms with Gasteiger partial charge >= 0.3 is 0 Å². The van der Waals surface area contributed by atoms with Crippen LogP contribution in [-0.2, 0) is 17.6 Å². The lowest BCUT2D eigenvalue weighted by atomic mass is 10.1. The van der Waals surface area contributed by atoms with Gasteiger partial charge in [0.15, 0.2) is 5.82 Å². The average Bonchev–Trinajstić information content (AvgIpc) is 3.04. The number of nitrogens with zero attached hydrogens (tertiary/aromatic N) is 3. The number of rotatable bonds is 3. The van der Waals surface area contributed by atoms with Gasteiger partial charge in [0.25, 0.3) is 0 Å². The molecule has 2 heterocycles. The van der Waals surface area contributed by atoms with E-state index < -0.39 is 0 Å². The van der Waals surface area contributed by atoms with Crippen molar-refractivity contribution in [1.82, 2.24) is 15.2 Å². The highest BCUT2D eigenvalue weighted by molar-refractivity contribution is 5.96. The Labute approximate surface area is 116 Å². The molecule has 1 aromatic carbocycles. The zero-order valence-corrected chi connectivity index (χ0v) is 11.5. The summed E-state index contributed by atoms with van der Waals surface area (Å²) in [5, 5.41) is 6.76. The molecule has 1 N–H and O–H groups in total. The molecule has 0 unspecified atom stereocenters. The zero-order chi connectivity index (χ0) is 14.1. The fraction of sp³-hybridized carbons (Fsp3) is 0.357. The van der Waals surface area contributed by atoms with Crippen molar-refractivity contribution in [2.24, 2.45) is 0 Å². The van der Waals surface area contributed by atoms with E-state index in [0.717, 1.165) is 29.2 Å². The first-order valence-electron chi connectivity index (χ1n) is 6.52. The first kappa shape index (κ1) is 12.7. The molecule has 0 radical (unpaired) electrons. The van der Waals surface area contributed by atoms with Crippen LogP contribution in [0.5, 0.6) is 5.75 Å². The second-order valence-electron chi connectivity index (χ2n) is 4.80. The molecule has 6 heteroatoms. The quantitative estimate of drug-likeness (QED) is 0.913. The van der Waals surface area contributed by atoms with Gasteiger partial charge in [-0.15, -0.1) is 0 Å². The summed E-state index contributed by atoms with van der Waals surface area (Å²) < 4.78 is 5.21. The second-order valence-corrected chi connectivity index (χ2v) is 4.80. The number of ether oxygens (including phenoxy) is 1. The summed E-state index contributed by atoms with van der Waals surface area (Å²) >= 11 is 0. The number of aromatic amines is 1. The van der Waals surface area contributed by atoms with E-state index in [9.17, 15) is 4.79 Å². The summed E-state index contributed by atoms with van der Waals surface area (Å²) in [5.41, 5.74) is 2.10. The average molecular weight is 272 g/mol. The Morgan fingerprint density at radius 2 is 2.35 bits per heavy atom. The minimum atomic E-state index is 0.0212. The van der Waals surface area contributed by atoms with Gasteiger partial charge in [0.1, 0.15) is 11.6 Å². The Kier molecular flexibility index (Phi) is 3.14. The van der Waals surface area contributed by atoms with E-state index >= 15 is 0 Å². The molecule has 0 bridgehead atoms. The molecule has 2 aromatic rings. The molecule has 1 aliphatic rings. The number of hydrogen-bond donors (Lipinski definition) is 1. The van der Waals surface area contributed by atoms with E-state index in [1.165, 1.54) is 0 Å². The van der Waals surface area contributed by atoms with Crippen LogP contribution in [0.3, 0.4) is 0 Å². The largest absolute Gasteiger partial charge is 0.497 e. The maximum Gasteiger partial charge on any atom is 0.234 e. The van der Waals surface area contributed by atoms with Crippen molar-refractivity contribution in [2.45, 2.75) is 19.8 Å². The highest BCUT2D eigenvalue weighted by atomic mass is 16.5. The molecule has 0 aliphatic carbocycles. The number of amides is 1. The number of benzene rings is 1. The normalized spacial score (nSPS) is 13.4. The van der Waals surface area contributed by atoms with Gasteiger partial charge in [0.2, 0.25) is 5.91 Å². The van der Waals surface area contributed by atoms with E-state index in [4.69, 9.17) is 4.74 Å². The second kappa shape index (κ2) is 4.96. The van der Waals surface area contributed by atoms with Gasteiger partial charge in [-0.05, 0) is 37.1 Å². The van der Waals surface area contributed by atoms with Gasteiger partial charge in [0, 0.05) is 12.2 Å². The van der Waals surface area contributed by atoms with E-state index in [0.29, 0.717) is 12.4 Å². The third-order valence-corrected chi connectivity index (χ3v) is 3.44. The minimum Gasteiger partial charge on any atom is -0.497 e. The molecule has 1 aromatic heterocycles. The standard InChI is InChI=1S/C14H16N4O2/c1-9-15-13(17-16-9)8-14(19)18-6-5-10-7-11(20-2)3-4-12(10)18/h3-4,7H,5-6,8H2,1-2H3,(H,15,16,17). The Bertz CT molecular complexity index is 650. The zero-order valence-electron chi connectivity index (χ0n) is 11.5. The monoisotopic (exact) mass is 272 g/mol. The molecule has 0 spiro atoms. The van der Waals surface area contributed by atoms with Crippen LogP contribution in [0, 0.1) is 6.92 Å². The van der Waals surface area contributed by atoms with Crippen molar-refractivity contribution >= 4 is 11.6 Å². The molecule has 0 atom stereocenters. The van der Waals surface area contributed by atoms with Gasteiger partial charge in [-0.2, -0.15) is 5.10 Å². The Morgan fingerprint density at radius 3 is 3.05 bits per heavy atom. The first-order valence-corrected chi connectivity index (χ1v) is 6.52. The fourth-order valence-corrected chi connectivity index (χ4v) is 2.46. The molecule has 3 rings (SSSR count). The van der Waals surface area contributed by atoms with Crippen molar-refractivity contribution in [3.05, 3.63) is 35.4 Å². The number of carbonyl (C=O) groups is 1. The fourth-order valence-electron chi connectivity index (χ4n) is 2.46. The van der Waals surface area contributed by atoms with Crippen LogP contribution in [0.25, 0.3) is 0 Å². The molecule has 0 fully saturated rings. The summed E-state index contributed by atoms with van der Waals surface area (Å²) in [5.74, 6) is 2.10. The number of H-pyrrole nitrogens is 1. The van der Waals surface area contributed by atoms with Crippen molar-refractivity contribution in [2.75, 3.05) is 18.6 Å². The Morgan fingerprint density at radius 1 is 1.50 bits per heavy atom. The SMILES string of the molecule is COc1ccc2c(c1)CCN2C(=O)Cc1n[nH]c(C)n1.